The minimum Gasteiger partial charge on any atom is -0.497 e. The van der Waals surface area contributed by atoms with Gasteiger partial charge in [-0.1, -0.05) is 18.2 Å². The Balaban J connectivity index is 1.55. The molecule has 1 amide bonds. The molecule has 5 nitrogen and oxygen atoms in total. The summed E-state index contributed by atoms with van der Waals surface area (Å²) in [6.45, 7) is 1.46. The third-order valence-electron chi connectivity index (χ3n) is 5.17. The first-order valence-electron chi connectivity index (χ1n) is 9.55. The summed E-state index contributed by atoms with van der Waals surface area (Å²) in [7, 11) is 1.67. The summed E-state index contributed by atoms with van der Waals surface area (Å²) in [6, 6.07) is 17.7. The van der Waals surface area contributed by atoms with Crippen LogP contribution in [0.4, 0.5) is 0 Å². The fourth-order valence-electron chi connectivity index (χ4n) is 3.70. The predicted molar refractivity (Wildman–Crippen MR) is 108 cm³/mol. The molecular formula is C23H23N3O2. The Kier molecular flexibility index (Phi) is 5.33. The highest BCUT2D eigenvalue weighted by Crippen LogP contribution is 2.29. The average molecular weight is 373 g/mol. The molecule has 3 heterocycles. The molecule has 1 aliphatic rings. The quantitative estimate of drug-likeness (QED) is 0.689. The van der Waals surface area contributed by atoms with Gasteiger partial charge < -0.3 is 9.64 Å². The molecule has 1 atom stereocenters. The Bertz CT molecular complexity index is 959. The lowest BCUT2D eigenvalue weighted by molar-refractivity contribution is 0.0705. The van der Waals surface area contributed by atoms with Gasteiger partial charge in [-0.05, 0) is 49.2 Å². The number of hydrogen-bond donors (Lipinski definition) is 0. The van der Waals surface area contributed by atoms with E-state index in [2.05, 4.69) is 11.1 Å². The molecule has 3 aromatic rings. The number of amides is 1. The monoisotopic (exact) mass is 373 g/mol. The van der Waals surface area contributed by atoms with Crippen LogP contribution in [0.3, 0.4) is 0 Å². The van der Waals surface area contributed by atoms with E-state index >= 15 is 0 Å². The molecule has 4 rings (SSSR count). The molecule has 1 aromatic carbocycles. The summed E-state index contributed by atoms with van der Waals surface area (Å²) in [4.78, 5) is 23.7. The van der Waals surface area contributed by atoms with Crippen molar-refractivity contribution >= 4 is 5.91 Å². The van der Waals surface area contributed by atoms with Gasteiger partial charge in [0.1, 0.15) is 5.75 Å². The van der Waals surface area contributed by atoms with Crippen molar-refractivity contribution in [3.63, 3.8) is 0 Å². The molecule has 1 saturated heterocycles. The smallest absolute Gasteiger partial charge is 0.255 e. The number of rotatable bonds is 4. The number of carbonyl (C=O) groups is 1. The number of pyridine rings is 2. The standard InChI is InChI=1S/C23H23N3O2/c1-28-20-9-2-6-17(14-20)21-10-3-11-22(25-21)19-8-5-13-26(16-19)23(27)18-7-4-12-24-15-18/h2-4,6-7,9-12,14-15,19H,5,8,13,16H2,1H3/t19-/m0/s1. The van der Waals surface area contributed by atoms with E-state index in [1.807, 2.05) is 47.4 Å². The van der Waals surface area contributed by atoms with Crippen molar-refractivity contribution in [3.8, 4) is 17.0 Å². The van der Waals surface area contributed by atoms with E-state index in [0.717, 1.165) is 42.1 Å². The fourth-order valence-corrected chi connectivity index (χ4v) is 3.70. The number of likely N-dealkylation sites (tertiary alicyclic amines) is 1. The van der Waals surface area contributed by atoms with Crippen molar-refractivity contribution in [2.45, 2.75) is 18.8 Å². The molecular weight excluding hydrogens is 350 g/mol. The highest BCUT2D eigenvalue weighted by molar-refractivity contribution is 5.94. The van der Waals surface area contributed by atoms with Crippen molar-refractivity contribution in [2.24, 2.45) is 0 Å². The first kappa shape index (κ1) is 18.2. The minimum absolute atomic E-state index is 0.0433. The molecule has 0 N–H and O–H groups in total. The first-order valence-corrected chi connectivity index (χ1v) is 9.55. The molecule has 0 spiro atoms. The number of piperidine rings is 1. The molecule has 28 heavy (non-hydrogen) atoms. The zero-order valence-corrected chi connectivity index (χ0v) is 15.9. The normalized spacial score (nSPS) is 16.6. The zero-order chi connectivity index (χ0) is 19.3. The van der Waals surface area contributed by atoms with Crippen molar-refractivity contribution in [3.05, 3.63) is 78.2 Å². The third-order valence-corrected chi connectivity index (χ3v) is 5.17. The van der Waals surface area contributed by atoms with Gasteiger partial charge in [-0.25, -0.2) is 0 Å². The summed E-state index contributed by atoms with van der Waals surface area (Å²) in [5, 5.41) is 0. The zero-order valence-electron chi connectivity index (χ0n) is 15.9. The lowest BCUT2D eigenvalue weighted by Crippen LogP contribution is -2.39. The van der Waals surface area contributed by atoms with E-state index < -0.39 is 0 Å². The van der Waals surface area contributed by atoms with Crippen LogP contribution in [0, 0.1) is 0 Å². The predicted octanol–water partition coefficient (Wildman–Crippen LogP) is 4.17. The van der Waals surface area contributed by atoms with Crippen LogP contribution in [0.5, 0.6) is 5.75 Å². The van der Waals surface area contributed by atoms with E-state index in [1.165, 1.54) is 0 Å². The third kappa shape index (κ3) is 3.88. The van der Waals surface area contributed by atoms with E-state index in [-0.39, 0.29) is 11.8 Å². The summed E-state index contributed by atoms with van der Waals surface area (Å²) in [6.07, 6.45) is 5.32. The number of nitrogens with zero attached hydrogens (tertiary/aromatic N) is 3. The van der Waals surface area contributed by atoms with E-state index in [0.29, 0.717) is 12.1 Å². The van der Waals surface area contributed by atoms with Crippen LogP contribution < -0.4 is 4.74 Å². The Morgan fingerprint density at radius 3 is 2.86 bits per heavy atom. The minimum atomic E-state index is 0.0433. The Morgan fingerprint density at radius 2 is 2.04 bits per heavy atom. The lowest BCUT2D eigenvalue weighted by Gasteiger charge is -2.32. The van der Waals surface area contributed by atoms with Gasteiger partial charge in [-0.2, -0.15) is 0 Å². The largest absolute Gasteiger partial charge is 0.497 e. The van der Waals surface area contributed by atoms with Crippen LogP contribution in [0.2, 0.25) is 0 Å². The second-order valence-electron chi connectivity index (χ2n) is 7.01. The Hall–Kier alpha value is -3.21. The van der Waals surface area contributed by atoms with E-state index in [9.17, 15) is 4.79 Å². The number of hydrogen-bond acceptors (Lipinski definition) is 4. The molecule has 5 heteroatoms. The number of carbonyl (C=O) groups excluding carboxylic acids is 1. The Morgan fingerprint density at radius 1 is 1.14 bits per heavy atom. The van der Waals surface area contributed by atoms with Gasteiger partial charge in [0.15, 0.2) is 0 Å². The number of methoxy groups -OCH3 is 1. The molecule has 0 saturated carbocycles. The molecule has 2 aromatic heterocycles. The van der Waals surface area contributed by atoms with Gasteiger partial charge >= 0.3 is 0 Å². The number of benzene rings is 1. The summed E-state index contributed by atoms with van der Waals surface area (Å²) in [5.41, 5.74) is 3.62. The summed E-state index contributed by atoms with van der Waals surface area (Å²) < 4.78 is 5.33. The van der Waals surface area contributed by atoms with Gasteiger partial charge in [0, 0.05) is 42.7 Å². The highest BCUT2D eigenvalue weighted by Gasteiger charge is 2.26. The summed E-state index contributed by atoms with van der Waals surface area (Å²) >= 11 is 0. The maximum Gasteiger partial charge on any atom is 0.255 e. The fraction of sp³-hybridized carbons (Fsp3) is 0.261. The molecule has 0 aliphatic carbocycles. The van der Waals surface area contributed by atoms with Crippen molar-refractivity contribution in [1.82, 2.24) is 14.9 Å². The van der Waals surface area contributed by atoms with Crippen LogP contribution in [0.25, 0.3) is 11.3 Å². The maximum atomic E-state index is 12.8. The van der Waals surface area contributed by atoms with E-state index in [4.69, 9.17) is 9.72 Å². The molecule has 0 radical (unpaired) electrons. The SMILES string of the molecule is COc1cccc(-c2cccc([C@H]3CCCN(C(=O)c4cccnc4)C3)n2)c1. The molecule has 1 aliphatic heterocycles. The maximum absolute atomic E-state index is 12.8. The van der Waals surface area contributed by atoms with Crippen LogP contribution >= 0.6 is 0 Å². The van der Waals surface area contributed by atoms with Crippen LogP contribution in [0.1, 0.15) is 34.8 Å². The van der Waals surface area contributed by atoms with Crippen molar-refractivity contribution < 1.29 is 9.53 Å². The molecule has 0 bridgehead atoms. The van der Waals surface area contributed by atoms with Gasteiger partial charge in [0.2, 0.25) is 0 Å². The van der Waals surface area contributed by atoms with Crippen LogP contribution in [-0.2, 0) is 0 Å². The van der Waals surface area contributed by atoms with Crippen LogP contribution in [-0.4, -0.2) is 41.0 Å². The molecule has 0 unspecified atom stereocenters. The lowest BCUT2D eigenvalue weighted by atomic mass is 9.93. The van der Waals surface area contributed by atoms with Crippen molar-refractivity contribution in [1.29, 1.82) is 0 Å². The van der Waals surface area contributed by atoms with Gasteiger partial charge in [0.05, 0.1) is 18.4 Å². The molecule has 1 fully saturated rings. The van der Waals surface area contributed by atoms with Crippen LogP contribution in [0.15, 0.2) is 67.0 Å². The second-order valence-corrected chi connectivity index (χ2v) is 7.01. The Labute approximate surface area is 165 Å². The number of aromatic nitrogens is 2. The van der Waals surface area contributed by atoms with Gasteiger partial charge in [0.25, 0.3) is 5.91 Å². The topological polar surface area (TPSA) is 55.3 Å². The van der Waals surface area contributed by atoms with Gasteiger partial charge in [-0.3, -0.25) is 14.8 Å². The van der Waals surface area contributed by atoms with Crippen molar-refractivity contribution in [2.75, 3.05) is 20.2 Å². The number of ether oxygens (including phenoxy) is 1. The highest BCUT2D eigenvalue weighted by atomic mass is 16.5. The van der Waals surface area contributed by atoms with E-state index in [1.54, 1.807) is 25.6 Å². The van der Waals surface area contributed by atoms with Gasteiger partial charge in [-0.15, -0.1) is 0 Å². The first-order chi connectivity index (χ1) is 13.7. The second kappa shape index (κ2) is 8.21. The molecule has 142 valence electrons. The average Bonchev–Trinajstić information content (AvgIpc) is 2.79. The summed E-state index contributed by atoms with van der Waals surface area (Å²) in [5.74, 6) is 1.09.